The average molecular weight is 474 g/mol. The molecule has 0 aromatic carbocycles. The number of furan rings is 1. The van der Waals surface area contributed by atoms with Crippen molar-refractivity contribution >= 4 is 17.9 Å². The molecule has 12 heteroatoms. The Kier molecular flexibility index (Phi) is 7.55. The molecule has 0 radical (unpaired) electrons. The van der Waals surface area contributed by atoms with E-state index in [0.717, 1.165) is 6.07 Å². The Labute approximate surface area is 189 Å². The van der Waals surface area contributed by atoms with Crippen LogP contribution < -0.4 is 16.0 Å². The number of nitrogens with zero attached hydrogens (tertiary/aromatic N) is 1. The van der Waals surface area contributed by atoms with Crippen molar-refractivity contribution in [1.82, 2.24) is 20.9 Å². The van der Waals surface area contributed by atoms with Gasteiger partial charge in [-0.25, -0.2) is 4.79 Å². The largest absolute Gasteiger partial charge is 0.456 e. The molecule has 2 aliphatic heterocycles. The normalized spacial score (nSPS) is 19.1. The zero-order chi connectivity index (χ0) is 24.2. The van der Waals surface area contributed by atoms with Crippen LogP contribution in [0, 0.1) is 6.92 Å². The molecular weight excluding hydrogens is 445 g/mol. The first-order chi connectivity index (χ1) is 15.6. The van der Waals surface area contributed by atoms with Crippen LogP contribution >= 0.6 is 0 Å². The molecular formula is C21H29F3N4O5. The molecule has 0 aliphatic carbocycles. The summed E-state index contributed by atoms with van der Waals surface area (Å²) in [5, 5.41) is 8.59. The fraction of sp³-hybridized carbons (Fsp3) is 0.667. The van der Waals surface area contributed by atoms with Gasteiger partial charge in [0, 0.05) is 19.1 Å². The molecule has 3 rings (SSSR count). The first-order valence-corrected chi connectivity index (χ1v) is 11.0. The van der Waals surface area contributed by atoms with Crippen molar-refractivity contribution in [1.29, 1.82) is 0 Å². The van der Waals surface area contributed by atoms with Gasteiger partial charge in [0.05, 0.1) is 12.2 Å². The molecule has 2 fully saturated rings. The highest BCUT2D eigenvalue weighted by Crippen LogP contribution is 2.34. The molecule has 33 heavy (non-hydrogen) atoms. The zero-order valence-corrected chi connectivity index (χ0v) is 18.6. The van der Waals surface area contributed by atoms with Crippen molar-refractivity contribution in [3.63, 3.8) is 0 Å². The van der Waals surface area contributed by atoms with Crippen LogP contribution in [0.15, 0.2) is 10.5 Å². The number of hydrogen-bond acceptors (Lipinski definition) is 6. The first kappa shape index (κ1) is 24.9. The number of amides is 3. The Hall–Kier alpha value is -2.76. The van der Waals surface area contributed by atoms with Gasteiger partial charge in [-0.15, -0.1) is 0 Å². The maximum Gasteiger partial charge on any atom is 0.450 e. The number of alkyl halides is 3. The summed E-state index contributed by atoms with van der Waals surface area (Å²) < 4.78 is 49.6. The van der Waals surface area contributed by atoms with Crippen LogP contribution in [0.1, 0.15) is 54.5 Å². The molecule has 9 nitrogen and oxygen atoms in total. The molecule has 0 bridgehead atoms. The van der Waals surface area contributed by atoms with Crippen molar-refractivity contribution in [2.75, 3.05) is 32.8 Å². The maximum absolute atomic E-state index is 13.3. The smallest absolute Gasteiger partial charge is 0.450 e. The van der Waals surface area contributed by atoms with Crippen LogP contribution in [-0.4, -0.2) is 67.2 Å². The molecule has 0 saturated carbocycles. The van der Waals surface area contributed by atoms with Crippen LogP contribution in [0.4, 0.5) is 18.0 Å². The number of aryl methyl sites for hydroxylation is 1. The summed E-state index contributed by atoms with van der Waals surface area (Å²) in [5.41, 5.74) is -2.00. The predicted molar refractivity (Wildman–Crippen MR) is 111 cm³/mol. The van der Waals surface area contributed by atoms with E-state index in [1.165, 1.54) is 6.92 Å². The van der Waals surface area contributed by atoms with Gasteiger partial charge in [0.1, 0.15) is 11.3 Å². The lowest BCUT2D eigenvalue weighted by Gasteiger charge is -2.39. The number of halogens is 3. The first-order valence-electron chi connectivity index (χ1n) is 11.0. The highest BCUT2D eigenvalue weighted by atomic mass is 19.4. The highest BCUT2D eigenvalue weighted by molar-refractivity contribution is 6.00. The summed E-state index contributed by atoms with van der Waals surface area (Å²) in [5.74, 6) is -2.88. The SMILES string of the molecule is CCOC(=O)N1CCC(NC(=O)C2(NC(=O)c3cc(C)oc3C(F)(F)F)CCNCC2)CC1. The molecule has 1 aromatic rings. The Morgan fingerprint density at radius 3 is 2.45 bits per heavy atom. The van der Waals surface area contributed by atoms with Crippen LogP contribution in [0.5, 0.6) is 0 Å². The molecule has 3 amide bonds. The van der Waals surface area contributed by atoms with Crippen LogP contribution in [0.2, 0.25) is 0 Å². The second-order valence-corrected chi connectivity index (χ2v) is 8.32. The average Bonchev–Trinajstić information content (AvgIpc) is 3.17. The molecule has 184 valence electrons. The van der Waals surface area contributed by atoms with Crippen molar-refractivity contribution in [2.45, 2.75) is 57.3 Å². The second-order valence-electron chi connectivity index (χ2n) is 8.32. The minimum Gasteiger partial charge on any atom is -0.456 e. The number of nitrogens with one attached hydrogen (secondary N) is 3. The van der Waals surface area contributed by atoms with E-state index in [4.69, 9.17) is 9.15 Å². The summed E-state index contributed by atoms with van der Waals surface area (Å²) in [7, 11) is 0. The Morgan fingerprint density at radius 1 is 1.24 bits per heavy atom. The topological polar surface area (TPSA) is 113 Å². The molecule has 0 unspecified atom stereocenters. The zero-order valence-electron chi connectivity index (χ0n) is 18.6. The summed E-state index contributed by atoms with van der Waals surface area (Å²) in [6, 6.07) is 0.796. The highest BCUT2D eigenvalue weighted by Gasteiger charge is 2.45. The lowest BCUT2D eigenvalue weighted by molar-refractivity contribution is -0.153. The van der Waals surface area contributed by atoms with Gasteiger partial charge in [0.25, 0.3) is 5.91 Å². The Bertz CT molecular complexity index is 872. The van der Waals surface area contributed by atoms with Gasteiger partial charge in [-0.2, -0.15) is 13.2 Å². The molecule has 2 aliphatic rings. The molecule has 0 atom stereocenters. The van der Waals surface area contributed by atoms with E-state index in [0.29, 0.717) is 39.0 Å². The van der Waals surface area contributed by atoms with Gasteiger partial charge in [0.2, 0.25) is 11.7 Å². The Morgan fingerprint density at radius 2 is 1.88 bits per heavy atom. The monoisotopic (exact) mass is 474 g/mol. The fourth-order valence-corrected chi connectivity index (χ4v) is 4.19. The molecule has 0 spiro atoms. The summed E-state index contributed by atoms with van der Waals surface area (Å²) >= 11 is 0. The van der Waals surface area contributed by atoms with Crippen LogP contribution in [0.3, 0.4) is 0 Å². The van der Waals surface area contributed by atoms with E-state index in [2.05, 4.69) is 16.0 Å². The molecule has 2 saturated heterocycles. The maximum atomic E-state index is 13.3. The number of rotatable bonds is 5. The van der Waals surface area contributed by atoms with Crippen LogP contribution in [-0.2, 0) is 15.7 Å². The van der Waals surface area contributed by atoms with Gasteiger partial charge in [-0.1, -0.05) is 0 Å². The predicted octanol–water partition coefficient (Wildman–Crippen LogP) is 2.20. The molecule has 3 heterocycles. The number of piperidine rings is 2. The van der Waals surface area contributed by atoms with Crippen molar-refractivity contribution in [3.05, 3.63) is 23.2 Å². The van der Waals surface area contributed by atoms with Gasteiger partial charge >= 0.3 is 12.3 Å². The van der Waals surface area contributed by atoms with E-state index in [9.17, 15) is 27.6 Å². The van der Waals surface area contributed by atoms with E-state index < -0.39 is 40.9 Å². The standard InChI is InChI=1S/C21H29F3N4O5/c1-3-32-19(31)28-10-4-14(5-11-28)26-18(30)20(6-8-25-9-7-20)27-17(29)15-12-13(2)33-16(15)21(22,23)24/h12,14,25H,3-11H2,1-2H3,(H,26,30)(H,27,29). The van der Waals surface area contributed by atoms with Crippen molar-refractivity contribution in [3.8, 4) is 0 Å². The number of ether oxygens (including phenoxy) is 1. The summed E-state index contributed by atoms with van der Waals surface area (Å²) in [4.78, 5) is 39.5. The van der Waals surface area contributed by atoms with E-state index >= 15 is 0 Å². The third kappa shape index (κ3) is 5.79. The third-order valence-corrected chi connectivity index (χ3v) is 5.96. The summed E-state index contributed by atoms with van der Waals surface area (Å²) in [6.07, 6.45) is -3.77. The molecule has 1 aromatic heterocycles. The number of likely N-dealkylation sites (tertiary alicyclic amines) is 1. The minimum atomic E-state index is -4.84. The lowest BCUT2D eigenvalue weighted by Crippen LogP contribution is -2.64. The van der Waals surface area contributed by atoms with Crippen LogP contribution in [0.25, 0.3) is 0 Å². The minimum absolute atomic E-state index is 0.0513. The van der Waals surface area contributed by atoms with E-state index in [1.807, 2.05) is 0 Å². The van der Waals surface area contributed by atoms with Gasteiger partial charge in [0.15, 0.2) is 0 Å². The fourth-order valence-electron chi connectivity index (χ4n) is 4.19. The second kappa shape index (κ2) is 10.0. The van der Waals surface area contributed by atoms with E-state index in [-0.39, 0.29) is 31.3 Å². The van der Waals surface area contributed by atoms with Crippen molar-refractivity contribution in [2.24, 2.45) is 0 Å². The summed E-state index contributed by atoms with van der Waals surface area (Å²) in [6.45, 7) is 4.98. The Balaban J connectivity index is 1.70. The van der Waals surface area contributed by atoms with Gasteiger partial charge in [-0.05, 0) is 58.7 Å². The van der Waals surface area contributed by atoms with Gasteiger partial charge in [-0.3, -0.25) is 9.59 Å². The number of hydrogen-bond donors (Lipinski definition) is 3. The number of carbonyl (C=O) groups is 3. The lowest BCUT2D eigenvalue weighted by atomic mass is 9.86. The van der Waals surface area contributed by atoms with Crippen molar-refractivity contribution < 1.29 is 36.7 Å². The third-order valence-electron chi connectivity index (χ3n) is 5.96. The number of carbonyl (C=O) groups excluding carboxylic acids is 3. The van der Waals surface area contributed by atoms with Gasteiger partial charge < -0.3 is 30.0 Å². The molecule has 3 N–H and O–H groups in total. The van der Waals surface area contributed by atoms with E-state index in [1.54, 1.807) is 11.8 Å². The quantitative estimate of drug-likeness (QED) is 0.603.